The highest BCUT2D eigenvalue weighted by molar-refractivity contribution is 5.90. The van der Waals surface area contributed by atoms with Crippen molar-refractivity contribution in [1.29, 1.82) is 0 Å². The van der Waals surface area contributed by atoms with Crippen LogP contribution in [-0.2, 0) is 0 Å². The zero-order chi connectivity index (χ0) is 18.6. The average Bonchev–Trinajstić information content (AvgIpc) is 2.54. The van der Waals surface area contributed by atoms with E-state index in [1.807, 2.05) is 33.8 Å². The number of rotatable bonds is 4. The topological polar surface area (TPSA) is 64.6 Å². The van der Waals surface area contributed by atoms with Crippen LogP contribution in [0.2, 0.25) is 0 Å². The number of aliphatic hydroxyl groups is 1. The van der Waals surface area contributed by atoms with Gasteiger partial charge in [-0.05, 0) is 62.3 Å². The van der Waals surface area contributed by atoms with E-state index in [2.05, 4.69) is 34.6 Å². The Morgan fingerprint density at radius 2 is 2.08 bits per heavy atom. The molecule has 5 heteroatoms. The minimum Gasteiger partial charge on any atom is -0.391 e. The molecule has 0 spiro atoms. The lowest BCUT2D eigenvalue weighted by Gasteiger charge is -2.35. The molecule has 2 amide bonds. The van der Waals surface area contributed by atoms with E-state index in [9.17, 15) is 9.90 Å². The summed E-state index contributed by atoms with van der Waals surface area (Å²) in [6.07, 6.45) is 3.19. The Hall–Kier alpha value is -1.75. The smallest absolute Gasteiger partial charge is 0.319 e. The van der Waals surface area contributed by atoms with Crippen molar-refractivity contribution < 1.29 is 9.90 Å². The SMILES string of the molecule is Cc1cc(N2CCCCC2C)ccc1NC(=O)NCC(O)C(C)(C)C. The predicted molar refractivity (Wildman–Crippen MR) is 104 cm³/mol. The molecule has 0 saturated carbocycles. The first-order valence-corrected chi connectivity index (χ1v) is 9.28. The van der Waals surface area contributed by atoms with Crippen molar-refractivity contribution in [3.05, 3.63) is 23.8 Å². The number of carbonyl (C=O) groups excluding carboxylic acids is 1. The molecule has 3 N–H and O–H groups in total. The summed E-state index contributed by atoms with van der Waals surface area (Å²) in [6, 6.07) is 6.46. The lowest BCUT2D eigenvalue weighted by molar-refractivity contribution is 0.0654. The molecule has 0 aliphatic carbocycles. The molecule has 5 nitrogen and oxygen atoms in total. The lowest BCUT2D eigenvalue weighted by Crippen LogP contribution is -2.41. The summed E-state index contributed by atoms with van der Waals surface area (Å²) in [4.78, 5) is 14.5. The first-order valence-electron chi connectivity index (χ1n) is 9.28. The molecule has 0 radical (unpaired) electrons. The fourth-order valence-electron chi connectivity index (χ4n) is 3.11. The van der Waals surface area contributed by atoms with Crippen LogP contribution < -0.4 is 15.5 Å². The number of nitrogens with one attached hydrogen (secondary N) is 2. The van der Waals surface area contributed by atoms with Crippen molar-refractivity contribution in [3.63, 3.8) is 0 Å². The number of amides is 2. The van der Waals surface area contributed by atoms with Crippen LogP contribution in [0.4, 0.5) is 16.2 Å². The molecule has 2 unspecified atom stereocenters. The number of hydrogen-bond donors (Lipinski definition) is 3. The third kappa shape index (κ3) is 5.36. The van der Waals surface area contributed by atoms with Gasteiger partial charge in [0.05, 0.1) is 6.10 Å². The van der Waals surface area contributed by atoms with E-state index >= 15 is 0 Å². The van der Waals surface area contributed by atoms with Gasteiger partial charge >= 0.3 is 6.03 Å². The average molecular weight is 348 g/mol. The van der Waals surface area contributed by atoms with Gasteiger partial charge in [-0.15, -0.1) is 0 Å². The van der Waals surface area contributed by atoms with Crippen LogP contribution in [0.25, 0.3) is 0 Å². The quantitative estimate of drug-likeness (QED) is 0.774. The maximum Gasteiger partial charge on any atom is 0.319 e. The second-order valence-corrected chi connectivity index (χ2v) is 8.25. The number of urea groups is 1. The third-order valence-electron chi connectivity index (χ3n) is 5.05. The third-order valence-corrected chi connectivity index (χ3v) is 5.05. The van der Waals surface area contributed by atoms with E-state index in [0.717, 1.165) is 17.8 Å². The van der Waals surface area contributed by atoms with Gasteiger partial charge in [0.2, 0.25) is 0 Å². The van der Waals surface area contributed by atoms with Crippen molar-refractivity contribution in [2.75, 3.05) is 23.3 Å². The number of nitrogens with zero attached hydrogens (tertiary/aromatic N) is 1. The minimum absolute atomic E-state index is 0.234. The molecule has 1 aliphatic heterocycles. The Morgan fingerprint density at radius 3 is 2.68 bits per heavy atom. The summed E-state index contributed by atoms with van der Waals surface area (Å²) in [5.41, 5.74) is 2.81. The highest BCUT2D eigenvalue weighted by Crippen LogP contribution is 2.28. The number of benzene rings is 1. The van der Waals surface area contributed by atoms with Gasteiger partial charge in [-0.1, -0.05) is 20.8 Å². The Labute approximate surface area is 151 Å². The van der Waals surface area contributed by atoms with Gasteiger partial charge in [-0.3, -0.25) is 0 Å². The van der Waals surface area contributed by atoms with E-state index in [1.54, 1.807) is 0 Å². The maximum atomic E-state index is 12.1. The second kappa shape index (κ2) is 8.09. The molecule has 0 bridgehead atoms. The van der Waals surface area contributed by atoms with Gasteiger partial charge in [-0.25, -0.2) is 4.79 Å². The van der Waals surface area contributed by atoms with Crippen LogP contribution in [0.1, 0.15) is 52.5 Å². The number of carbonyl (C=O) groups is 1. The van der Waals surface area contributed by atoms with Crippen LogP contribution in [0.5, 0.6) is 0 Å². The summed E-state index contributed by atoms with van der Waals surface area (Å²) in [6.45, 7) is 11.5. The van der Waals surface area contributed by atoms with Crippen molar-refractivity contribution in [2.24, 2.45) is 5.41 Å². The van der Waals surface area contributed by atoms with Gasteiger partial charge in [0.15, 0.2) is 0 Å². The fraction of sp³-hybridized carbons (Fsp3) is 0.650. The largest absolute Gasteiger partial charge is 0.391 e. The van der Waals surface area contributed by atoms with E-state index in [1.165, 1.54) is 24.9 Å². The van der Waals surface area contributed by atoms with E-state index in [4.69, 9.17) is 0 Å². The molecule has 1 aromatic rings. The molecule has 1 aromatic carbocycles. The molecule has 1 fully saturated rings. The summed E-state index contributed by atoms with van der Waals surface area (Å²) < 4.78 is 0. The summed E-state index contributed by atoms with van der Waals surface area (Å²) in [5.74, 6) is 0. The van der Waals surface area contributed by atoms with Crippen molar-refractivity contribution in [1.82, 2.24) is 5.32 Å². The van der Waals surface area contributed by atoms with Gasteiger partial charge < -0.3 is 20.6 Å². The van der Waals surface area contributed by atoms with Gasteiger partial charge in [0, 0.05) is 30.5 Å². The number of aryl methyl sites for hydroxylation is 1. The lowest BCUT2D eigenvalue weighted by atomic mass is 9.89. The second-order valence-electron chi connectivity index (χ2n) is 8.25. The summed E-state index contributed by atoms with van der Waals surface area (Å²) >= 11 is 0. The number of aliphatic hydroxyl groups excluding tert-OH is 1. The van der Waals surface area contributed by atoms with Gasteiger partial charge in [-0.2, -0.15) is 0 Å². The Morgan fingerprint density at radius 1 is 1.36 bits per heavy atom. The monoisotopic (exact) mass is 347 g/mol. The van der Waals surface area contributed by atoms with Crippen molar-refractivity contribution in [2.45, 2.75) is 66.0 Å². The number of piperidine rings is 1. The Balaban J connectivity index is 1.95. The van der Waals surface area contributed by atoms with E-state index < -0.39 is 6.10 Å². The molecule has 25 heavy (non-hydrogen) atoms. The summed E-state index contributed by atoms with van der Waals surface area (Å²) in [7, 11) is 0. The minimum atomic E-state index is -0.581. The molecule has 2 rings (SSSR count). The number of anilines is 2. The normalized spacial score (nSPS) is 19.4. The van der Waals surface area contributed by atoms with Gasteiger partial charge in [0.25, 0.3) is 0 Å². The van der Waals surface area contributed by atoms with Crippen LogP contribution in [-0.4, -0.2) is 36.4 Å². The molecular formula is C20H33N3O2. The Kier molecular flexibility index (Phi) is 6.33. The van der Waals surface area contributed by atoms with Gasteiger partial charge in [0.1, 0.15) is 0 Å². The molecule has 1 saturated heterocycles. The maximum absolute atomic E-state index is 12.1. The highest BCUT2D eigenvalue weighted by atomic mass is 16.3. The summed E-state index contributed by atoms with van der Waals surface area (Å²) in [5, 5.41) is 15.6. The zero-order valence-corrected chi connectivity index (χ0v) is 16.2. The molecule has 140 valence electrons. The molecule has 1 heterocycles. The van der Waals surface area contributed by atoms with Crippen LogP contribution >= 0.6 is 0 Å². The first kappa shape index (κ1) is 19.6. The van der Waals surface area contributed by atoms with Crippen LogP contribution in [0.3, 0.4) is 0 Å². The Bertz CT molecular complexity index is 595. The molecular weight excluding hydrogens is 314 g/mol. The van der Waals surface area contributed by atoms with E-state index in [0.29, 0.717) is 6.04 Å². The number of hydrogen-bond acceptors (Lipinski definition) is 3. The van der Waals surface area contributed by atoms with Crippen LogP contribution in [0, 0.1) is 12.3 Å². The first-order chi connectivity index (χ1) is 11.7. The highest BCUT2D eigenvalue weighted by Gasteiger charge is 2.22. The standard InChI is InChI=1S/C20H33N3O2/c1-14-12-16(23-11-7-6-8-15(23)2)9-10-17(14)22-19(25)21-13-18(24)20(3,4)5/h9-10,12,15,18,24H,6-8,11,13H2,1-5H3,(H2,21,22,25). The molecule has 1 aliphatic rings. The molecule has 0 aromatic heterocycles. The zero-order valence-electron chi connectivity index (χ0n) is 16.2. The fourth-order valence-corrected chi connectivity index (χ4v) is 3.11. The van der Waals surface area contributed by atoms with Crippen molar-refractivity contribution in [3.8, 4) is 0 Å². The van der Waals surface area contributed by atoms with E-state index in [-0.39, 0.29) is 18.0 Å². The molecule has 2 atom stereocenters. The van der Waals surface area contributed by atoms with Crippen LogP contribution in [0.15, 0.2) is 18.2 Å². The van der Waals surface area contributed by atoms with Crippen molar-refractivity contribution >= 4 is 17.4 Å². The predicted octanol–water partition coefficient (Wildman–Crippen LogP) is 3.90.